The second-order valence-electron chi connectivity index (χ2n) is 8.51. The molecule has 1 heterocycles. The number of ether oxygens (including phenoxy) is 1. The summed E-state index contributed by atoms with van der Waals surface area (Å²) in [6.45, 7) is 7.89. The number of fused-ring (bicyclic) bond motifs is 1. The summed E-state index contributed by atoms with van der Waals surface area (Å²) in [5.74, 6) is 0.203. The largest absolute Gasteiger partial charge is 0.491 e. The number of hydrogen-bond donors (Lipinski definition) is 1. The number of rotatable bonds is 6. The lowest BCUT2D eigenvalue weighted by molar-refractivity contribution is -0.112. The number of benzene rings is 3. The Morgan fingerprint density at radius 2 is 1.76 bits per heavy atom. The van der Waals surface area contributed by atoms with Crippen molar-refractivity contribution in [2.45, 2.75) is 33.8 Å². The van der Waals surface area contributed by atoms with Crippen LogP contribution in [0.2, 0.25) is 0 Å². The summed E-state index contributed by atoms with van der Waals surface area (Å²) >= 11 is 0. The van der Waals surface area contributed by atoms with E-state index in [1.165, 1.54) is 5.39 Å². The van der Waals surface area contributed by atoms with E-state index in [4.69, 9.17) is 4.74 Å². The lowest BCUT2D eigenvalue weighted by Crippen LogP contribution is -2.14. The molecule has 1 aromatic heterocycles. The molecule has 0 spiro atoms. The monoisotopic (exact) mass is 449 g/mol. The molecule has 0 saturated carbocycles. The lowest BCUT2D eigenvalue weighted by Gasteiger charge is -2.11. The Morgan fingerprint density at radius 3 is 2.50 bits per heavy atom. The van der Waals surface area contributed by atoms with Crippen LogP contribution in [-0.2, 0) is 4.79 Å². The third-order valence-corrected chi connectivity index (χ3v) is 5.59. The number of carbonyl (C=O) groups excluding carboxylic acids is 1. The molecule has 170 valence electrons. The fourth-order valence-corrected chi connectivity index (χ4v) is 4.07. The molecule has 3 aromatic carbocycles. The van der Waals surface area contributed by atoms with Crippen LogP contribution in [0.4, 0.5) is 5.69 Å². The molecule has 4 rings (SSSR count). The van der Waals surface area contributed by atoms with Crippen molar-refractivity contribution in [3.05, 3.63) is 95.3 Å². The predicted octanol–water partition coefficient (Wildman–Crippen LogP) is 6.58. The number of nitrogens with zero attached hydrogens (tertiary/aromatic N) is 2. The predicted molar refractivity (Wildman–Crippen MR) is 137 cm³/mol. The lowest BCUT2D eigenvalue weighted by atomic mass is 10.1. The zero-order valence-corrected chi connectivity index (χ0v) is 19.8. The van der Waals surface area contributed by atoms with E-state index in [1.807, 2.05) is 58.0 Å². The fraction of sp³-hybridized carbons (Fsp3) is 0.172. The SMILES string of the molecule is Cc1cc(/C=C(/C#N)C(=O)Nc2cccc(OC(C)C)c2)c(C)n1-c1ccc2ccccc2c1. The Balaban J connectivity index is 1.62. The number of carbonyl (C=O) groups is 1. The highest BCUT2D eigenvalue weighted by atomic mass is 16.5. The number of hydrogen-bond acceptors (Lipinski definition) is 3. The van der Waals surface area contributed by atoms with Crippen LogP contribution in [-0.4, -0.2) is 16.6 Å². The maximum Gasteiger partial charge on any atom is 0.266 e. The van der Waals surface area contributed by atoms with Gasteiger partial charge in [-0.1, -0.05) is 36.4 Å². The number of nitriles is 1. The smallest absolute Gasteiger partial charge is 0.266 e. The molecule has 0 radical (unpaired) electrons. The summed E-state index contributed by atoms with van der Waals surface area (Å²) in [4.78, 5) is 12.9. The first-order valence-electron chi connectivity index (χ1n) is 11.2. The van der Waals surface area contributed by atoms with Crippen LogP contribution in [0.5, 0.6) is 5.75 Å². The van der Waals surface area contributed by atoms with Crippen LogP contribution in [0.1, 0.15) is 30.8 Å². The number of nitrogens with one attached hydrogen (secondary N) is 1. The highest BCUT2D eigenvalue weighted by Crippen LogP contribution is 2.26. The van der Waals surface area contributed by atoms with Crippen molar-refractivity contribution in [3.8, 4) is 17.5 Å². The van der Waals surface area contributed by atoms with E-state index < -0.39 is 5.91 Å². The summed E-state index contributed by atoms with van der Waals surface area (Å²) in [5.41, 5.74) is 4.46. The number of aromatic nitrogens is 1. The summed E-state index contributed by atoms with van der Waals surface area (Å²) in [6.07, 6.45) is 1.67. The van der Waals surface area contributed by atoms with E-state index in [2.05, 4.69) is 40.2 Å². The second kappa shape index (κ2) is 9.68. The van der Waals surface area contributed by atoms with Crippen LogP contribution < -0.4 is 10.1 Å². The van der Waals surface area contributed by atoms with Gasteiger partial charge in [0.2, 0.25) is 0 Å². The van der Waals surface area contributed by atoms with Gasteiger partial charge >= 0.3 is 0 Å². The molecule has 1 N–H and O–H groups in total. The maximum absolute atomic E-state index is 12.9. The number of anilines is 1. The van der Waals surface area contributed by atoms with Crippen LogP contribution in [0, 0.1) is 25.2 Å². The van der Waals surface area contributed by atoms with E-state index in [-0.39, 0.29) is 11.7 Å². The van der Waals surface area contributed by atoms with Gasteiger partial charge in [0.15, 0.2) is 0 Å². The maximum atomic E-state index is 12.9. The van der Waals surface area contributed by atoms with Gasteiger partial charge in [-0.15, -0.1) is 0 Å². The Hall–Kier alpha value is -4.30. The molecule has 34 heavy (non-hydrogen) atoms. The molecule has 0 aliphatic heterocycles. The van der Waals surface area contributed by atoms with E-state index in [0.29, 0.717) is 11.4 Å². The zero-order chi connectivity index (χ0) is 24.2. The van der Waals surface area contributed by atoms with Gasteiger partial charge in [-0.2, -0.15) is 5.26 Å². The van der Waals surface area contributed by atoms with Gasteiger partial charge in [-0.3, -0.25) is 4.79 Å². The normalized spacial score (nSPS) is 11.5. The molecule has 0 aliphatic rings. The van der Waals surface area contributed by atoms with Crippen LogP contribution >= 0.6 is 0 Å². The molecule has 0 unspecified atom stereocenters. The van der Waals surface area contributed by atoms with Crippen molar-refractivity contribution in [2.24, 2.45) is 0 Å². The highest BCUT2D eigenvalue weighted by Gasteiger charge is 2.15. The highest BCUT2D eigenvalue weighted by molar-refractivity contribution is 6.09. The van der Waals surface area contributed by atoms with Gasteiger partial charge in [-0.25, -0.2) is 0 Å². The van der Waals surface area contributed by atoms with Crippen molar-refractivity contribution in [3.63, 3.8) is 0 Å². The van der Waals surface area contributed by atoms with Crippen molar-refractivity contribution in [2.75, 3.05) is 5.32 Å². The molecule has 0 bridgehead atoms. The zero-order valence-electron chi connectivity index (χ0n) is 19.8. The Morgan fingerprint density at radius 1 is 1.00 bits per heavy atom. The molecule has 0 atom stereocenters. The number of amides is 1. The molecule has 4 aromatic rings. The average molecular weight is 450 g/mol. The van der Waals surface area contributed by atoms with Crippen molar-refractivity contribution in [1.82, 2.24) is 4.57 Å². The van der Waals surface area contributed by atoms with Gasteiger partial charge in [0, 0.05) is 28.8 Å². The van der Waals surface area contributed by atoms with Gasteiger partial charge in [0.05, 0.1) is 6.10 Å². The molecular weight excluding hydrogens is 422 g/mol. The minimum absolute atomic E-state index is 0.0263. The summed E-state index contributed by atoms with van der Waals surface area (Å²) in [6, 6.07) is 25.8. The first-order valence-corrected chi connectivity index (χ1v) is 11.2. The van der Waals surface area contributed by atoms with Crippen LogP contribution in [0.15, 0.2) is 78.4 Å². The topological polar surface area (TPSA) is 67.1 Å². The first kappa shape index (κ1) is 22.9. The van der Waals surface area contributed by atoms with E-state index in [0.717, 1.165) is 28.0 Å². The van der Waals surface area contributed by atoms with Gasteiger partial charge < -0.3 is 14.6 Å². The van der Waals surface area contributed by atoms with Gasteiger partial charge in [-0.05, 0) is 80.4 Å². The molecule has 0 aliphatic carbocycles. The minimum Gasteiger partial charge on any atom is -0.491 e. The summed E-state index contributed by atoms with van der Waals surface area (Å²) in [7, 11) is 0. The Bertz CT molecular complexity index is 1440. The second-order valence-corrected chi connectivity index (χ2v) is 8.51. The number of aryl methyl sites for hydroxylation is 1. The quantitative estimate of drug-likeness (QED) is 0.267. The molecule has 0 saturated heterocycles. The van der Waals surface area contributed by atoms with Crippen LogP contribution in [0.25, 0.3) is 22.5 Å². The van der Waals surface area contributed by atoms with Crippen molar-refractivity contribution in [1.29, 1.82) is 5.26 Å². The van der Waals surface area contributed by atoms with E-state index in [1.54, 1.807) is 24.3 Å². The van der Waals surface area contributed by atoms with Crippen molar-refractivity contribution < 1.29 is 9.53 Å². The fourth-order valence-electron chi connectivity index (χ4n) is 4.07. The minimum atomic E-state index is -0.459. The molecule has 5 nitrogen and oxygen atoms in total. The van der Waals surface area contributed by atoms with Crippen LogP contribution in [0.3, 0.4) is 0 Å². The van der Waals surface area contributed by atoms with Gasteiger partial charge in [0.25, 0.3) is 5.91 Å². The summed E-state index contributed by atoms with van der Waals surface area (Å²) in [5, 5.41) is 14.8. The third-order valence-electron chi connectivity index (χ3n) is 5.59. The Labute approximate surface area is 199 Å². The third kappa shape index (κ3) is 4.87. The standard InChI is InChI=1S/C29H27N3O2/c1-19(2)34-28-11-7-10-26(17-28)31-29(33)25(18-30)15-24-14-20(3)32(21(24)4)27-13-12-22-8-5-6-9-23(22)16-27/h5-17,19H,1-4H3,(H,31,33)/b25-15-. The molecule has 1 amide bonds. The Kier molecular flexibility index (Phi) is 6.51. The first-order chi connectivity index (χ1) is 16.4. The molecule has 5 heteroatoms. The molecule has 0 fully saturated rings. The van der Waals surface area contributed by atoms with Crippen molar-refractivity contribution >= 4 is 28.4 Å². The molecular formula is C29H27N3O2. The summed E-state index contributed by atoms with van der Waals surface area (Å²) < 4.78 is 7.82. The average Bonchev–Trinajstić information content (AvgIpc) is 3.09. The van der Waals surface area contributed by atoms with E-state index in [9.17, 15) is 10.1 Å². The van der Waals surface area contributed by atoms with Gasteiger partial charge in [0.1, 0.15) is 17.4 Å². The van der Waals surface area contributed by atoms with E-state index >= 15 is 0 Å².